The number of hydrogen-bond acceptors (Lipinski definition) is 3. The van der Waals surface area contributed by atoms with Crippen LogP contribution in [0.3, 0.4) is 0 Å². The number of hydrogen-bond donors (Lipinski definition) is 0. The van der Waals surface area contributed by atoms with E-state index >= 15 is 0 Å². The Morgan fingerprint density at radius 2 is 2.19 bits per heavy atom. The number of rotatable bonds is 5. The van der Waals surface area contributed by atoms with Crippen molar-refractivity contribution in [1.29, 1.82) is 0 Å². The summed E-state index contributed by atoms with van der Waals surface area (Å²) in [5, 5.41) is 2.94. The third-order valence-corrected chi connectivity index (χ3v) is 2.98. The lowest BCUT2D eigenvalue weighted by Crippen LogP contribution is -2.05. The second-order valence-electron chi connectivity index (χ2n) is 3.28. The monoisotopic (exact) mass is 231 g/mol. The van der Waals surface area contributed by atoms with Crippen molar-refractivity contribution in [2.75, 3.05) is 6.61 Å². The Hall–Kier alpha value is -1.45. The summed E-state index contributed by atoms with van der Waals surface area (Å²) < 4.78 is 5.75. The lowest BCUT2D eigenvalue weighted by molar-refractivity contribution is 0.104. The first-order valence-corrected chi connectivity index (χ1v) is 5.96. The Bertz CT molecular complexity index is 424. The molecule has 0 saturated carbocycles. The Labute approximate surface area is 99.2 Å². The fraction of sp³-hybridized carbons (Fsp3) is 0.154. The minimum absolute atomic E-state index is 0.0841. The maximum Gasteiger partial charge on any atom is 0.134 e. The van der Waals surface area contributed by atoms with Crippen LogP contribution in [-0.4, -0.2) is 11.6 Å². The summed E-state index contributed by atoms with van der Waals surface area (Å²) in [5.74, 6) is 0. The first-order chi connectivity index (χ1) is 7.92. The highest BCUT2D eigenvalue weighted by atomic mass is 32.1. The van der Waals surface area contributed by atoms with Crippen molar-refractivity contribution >= 4 is 11.3 Å². The first-order valence-electron chi connectivity index (χ1n) is 5.08. The van der Waals surface area contributed by atoms with Crippen LogP contribution in [0.4, 0.5) is 0 Å². The molecule has 0 amide bonds. The third-order valence-electron chi connectivity index (χ3n) is 2.16. The second-order valence-corrected chi connectivity index (χ2v) is 4.21. The number of ether oxygens (including phenoxy) is 1. The molecule has 0 fully saturated rings. The predicted octanol–water partition coefficient (Wildman–Crippen LogP) is 3.44. The van der Waals surface area contributed by atoms with Crippen LogP contribution in [0, 0.1) is 0 Å². The van der Waals surface area contributed by atoms with Gasteiger partial charge in [-0.05, 0) is 5.56 Å². The first kappa shape index (κ1) is 11.0. The van der Waals surface area contributed by atoms with E-state index in [0.717, 1.165) is 10.6 Å². The maximum absolute atomic E-state index is 5.75. The van der Waals surface area contributed by atoms with Gasteiger partial charge in [-0.3, -0.25) is 0 Å². The lowest BCUT2D eigenvalue weighted by Gasteiger charge is -2.14. The van der Waals surface area contributed by atoms with Gasteiger partial charge in [-0.25, -0.2) is 4.98 Å². The molecule has 0 N–H and O–H groups in total. The fourth-order valence-corrected chi connectivity index (χ4v) is 2.18. The Morgan fingerprint density at radius 1 is 1.38 bits per heavy atom. The Morgan fingerprint density at radius 3 is 2.81 bits per heavy atom. The highest BCUT2D eigenvalue weighted by Crippen LogP contribution is 2.27. The van der Waals surface area contributed by atoms with Crippen LogP contribution in [0.15, 0.2) is 54.6 Å². The molecule has 1 aromatic heterocycles. The zero-order valence-electron chi connectivity index (χ0n) is 8.87. The van der Waals surface area contributed by atoms with Crippen LogP contribution in [0.1, 0.15) is 16.7 Å². The molecule has 2 rings (SSSR count). The smallest absolute Gasteiger partial charge is 0.134 e. The van der Waals surface area contributed by atoms with Gasteiger partial charge >= 0.3 is 0 Å². The van der Waals surface area contributed by atoms with Crippen molar-refractivity contribution in [2.24, 2.45) is 0 Å². The van der Waals surface area contributed by atoms with Crippen LogP contribution in [-0.2, 0) is 4.74 Å². The van der Waals surface area contributed by atoms with Gasteiger partial charge in [-0.1, -0.05) is 36.4 Å². The zero-order valence-corrected chi connectivity index (χ0v) is 9.69. The van der Waals surface area contributed by atoms with E-state index in [-0.39, 0.29) is 6.10 Å². The minimum Gasteiger partial charge on any atom is -0.362 e. The number of nitrogens with zero attached hydrogens (tertiary/aromatic N) is 1. The summed E-state index contributed by atoms with van der Waals surface area (Å²) in [4.78, 5) is 4.31. The van der Waals surface area contributed by atoms with Crippen molar-refractivity contribution in [3.63, 3.8) is 0 Å². The second kappa shape index (κ2) is 5.58. The van der Waals surface area contributed by atoms with Crippen LogP contribution in [0.5, 0.6) is 0 Å². The molecule has 1 unspecified atom stereocenters. The minimum atomic E-state index is -0.0841. The summed E-state index contributed by atoms with van der Waals surface area (Å²) in [7, 11) is 0. The highest BCUT2D eigenvalue weighted by Gasteiger charge is 2.16. The third kappa shape index (κ3) is 2.56. The van der Waals surface area contributed by atoms with Crippen molar-refractivity contribution in [1.82, 2.24) is 4.98 Å². The molecule has 1 heterocycles. The van der Waals surface area contributed by atoms with E-state index < -0.39 is 0 Å². The molecule has 0 saturated heterocycles. The standard InChI is InChI=1S/C13H13NOS/c1-2-9-15-12(13-14-8-10-16-13)11-6-4-3-5-7-11/h2-8,10,12H,1,9H2. The van der Waals surface area contributed by atoms with E-state index in [2.05, 4.69) is 23.7 Å². The molecule has 0 aliphatic carbocycles. The topological polar surface area (TPSA) is 22.1 Å². The van der Waals surface area contributed by atoms with Gasteiger partial charge in [0.2, 0.25) is 0 Å². The van der Waals surface area contributed by atoms with Gasteiger partial charge in [-0.15, -0.1) is 17.9 Å². The van der Waals surface area contributed by atoms with Gasteiger partial charge in [-0.2, -0.15) is 0 Å². The average Bonchev–Trinajstić information content (AvgIpc) is 2.85. The molecule has 0 spiro atoms. The molecule has 2 nitrogen and oxygen atoms in total. The van der Waals surface area contributed by atoms with Crippen LogP contribution < -0.4 is 0 Å². The SMILES string of the molecule is C=CCOC(c1ccccc1)c1nccs1. The fourth-order valence-electron chi connectivity index (χ4n) is 1.47. The van der Waals surface area contributed by atoms with Crippen LogP contribution in [0.2, 0.25) is 0 Å². The number of thiazole rings is 1. The van der Waals surface area contributed by atoms with Gasteiger partial charge in [0, 0.05) is 11.6 Å². The van der Waals surface area contributed by atoms with E-state index in [1.165, 1.54) is 0 Å². The van der Waals surface area contributed by atoms with Gasteiger partial charge < -0.3 is 4.74 Å². The van der Waals surface area contributed by atoms with Crippen LogP contribution >= 0.6 is 11.3 Å². The summed E-state index contributed by atoms with van der Waals surface area (Å²) in [6.07, 6.45) is 3.47. The molecule has 1 aromatic carbocycles. The summed E-state index contributed by atoms with van der Waals surface area (Å²) in [6, 6.07) is 10.1. The van der Waals surface area contributed by atoms with Crippen LogP contribution in [0.25, 0.3) is 0 Å². The molecule has 0 aliphatic rings. The molecule has 0 bridgehead atoms. The van der Waals surface area contributed by atoms with Gasteiger partial charge in [0.05, 0.1) is 6.61 Å². The van der Waals surface area contributed by atoms with Crippen molar-refractivity contribution in [3.05, 3.63) is 65.1 Å². The molecule has 1 atom stereocenters. The summed E-state index contributed by atoms with van der Waals surface area (Å²) in [5.41, 5.74) is 1.12. The average molecular weight is 231 g/mol. The normalized spacial score (nSPS) is 12.2. The molecule has 16 heavy (non-hydrogen) atoms. The Kier molecular flexibility index (Phi) is 3.86. The quantitative estimate of drug-likeness (QED) is 0.735. The zero-order chi connectivity index (χ0) is 11.2. The van der Waals surface area contributed by atoms with Gasteiger partial charge in [0.25, 0.3) is 0 Å². The highest BCUT2D eigenvalue weighted by molar-refractivity contribution is 7.09. The summed E-state index contributed by atoms with van der Waals surface area (Å²) >= 11 is 1.61. The predicted molar refractivity (Wildman–Crippen MR) is 66.5 cm³/mol. The van der Waals surface area contributed by atoms with E-state index in [0.29, 0.717) is 6.61 Å². The summed E-state index contributed by atoms with van der Waals surface area (Å²) in [6.45, 7) is 4.19. The maximum atomic E-state index is 5.75. The Balaban J connectivity index is 2.25. The molecule has 0 aliphatic heterocycles. The van der Waals surface area contributed by atoms with Crippen molar-refractivity contribution < 1.29 is 4.74 Å². The number of aromatic nitrogens is 1. The van der Waals surface area contributed by atoms with E-state index in [1.807, 2.05) is 23.6 Å². The lowest BCUT2D eigenvalue weighted by atomic mass is 10.1. The largest absolute Gasteiger partial charge is 0.362 e. The molecular formula is C13H13NOS. The molecule has 82 valence electrons. The van der Waals surface area contributed by atoms with Crippen molar-refractivity contribution in [2.45, 2.75) is 6.10 Å². The van der Waals surface area contributed by atoms with Crippen molar-refractivity contribution in [3.8, 4) is 0 Å². The van der Waals surface area contributed by atoms with E-state index in [4.69, 9.17) is 4.74 Å². The van der Waals surface area contributed by atoms with Gasteiger partial charge in [0.15, 0.2) is 0 Å². The van der Waals surface area contributed by atoms with E-state index in [1.54, 1.807) is 23.6 Å². The molecular weight excluding hydrogens is 218 g/mol. The molecule has 0 radical (unpaired) electrons. The van der Waals surface area contributed by atoms with Gasteiger partial charge in [0.1, 0.15) is 11.1 Å². The number of benzene rings is 1. The van der Waals surface area contributed by atoms with E-state index in [9.17, 15) is 0 Å². The molecule has 2 aromatic rings. The molecule has 3 heteroatoms.